The standard InChI is InChI=1S/C23H14F4N2O/c24-16-10-8-14(9-11-16)21-13-19(18-6-1-2-7-20(18)29-21)22(30)28-17-5-3-4-15(12-17)23(25,26)27/h1-13H,(H,28,30). The maximum Gasteiger partial charge on any atom is 0.416 e. The number of anilines is 1. The average Bonchev–Trinajstić information content (AvgIpc) is 2.73. The van der Waals surface area contributed by atoms with E-state index < -0.39 is 23.5 Å². The number of carbonyl (C=O) groups is 1. The van der Waals surface area contributed by atoms with E-state index in [-0.39, 0.29) is 11.3 Å². The number of halogens is 4. The van der Waals surface area contributed by atoms with E-state index in [4.69, 9.17) is 0 Å². The summed E-state index contributed by atoms with van der Waals surface area (Å²) < 4.78 is 52.1. The average molecular weight is 410 g/mol. The Bertz CT molecular complexity index is 1230. The van der Waals surface area contributed by atoms with Gasteiger partial charge in [0, 0.05) is 16.6 Å². The maximum atomic E-state index is 13.3. The number of benzene rings is 3. The first-order valence-corrected chi connectivity index (χ1v) is 8.95. The van der Waals surface area contributed by atoms with E-state index in [0.29, 0.717) is 22.2 Å². The molecule has 4 aromatic rings. The van der Waals surface area contributed by atoms with E-state index in [2.05, 4.69) is 10.3 Å². The molecule has 1 aromatic heterocycles. The molecule has 1 amide bonds. The summed E-state index contributed by atoms with van der Waals surface area (Å²) in [4.78, 5) is 17.5. The van der Waals surface area contributed by atoms with Crippen molar-refractivity contribution in [3.8, 4) is 11.3 Å². The van der Waals surface area contributed by atoms with Crippen LogP contribution in [0.4, 0.5) is 23.2 Å². The second kappa shape index (κ2) is 7.59. The monoisotopic (exact) mass is 410 g/mol. The number of aromatic nitrogens is 1. The van der Waals surface area contributed by atoms with Crippen molar-refractivity contribution in [2.24, 2.45) is 0 Å². The summed E-state index contributed by atoms with van der Waals surface area (Å²) in [6.07, 6.45) is -4.51. The molecule has 0 aliphatic rings. The van der Waals surface area contributed by atoms with Crippen molar-refractivity contribution in [1.82, 2.24) is 4.98 Å². The second-order valence-corrected chi connectivity index (χ2v) is 6.61. The van der Waals surface area contributed by atoms with Gasteiger partial charge >= 0.3 is 6.18 Å². The molecule has 4 rings (SSSR count). The normalized spacial score (nSPS) is 11.5. The van der Waals surface area contributed by atoms with Gasteiger partial charge in [-0.1, -0.05) is 24.3 Å². The number of alkyl halides is 3. The Hall–Kier alpha value is -3.74. The number of nitrogens with one attached hydrogen (secondary N) is 1. The van der Waals surface area contributed by atoms with E-state index in [0.717, 1.165) is 12.1 Å². The van der Waals surface area contributed by atoms with Gasteiger partial charge in [-0.2, -0.15) is 13.2 Å². The molecular formula is C23H14F4N2O. The van der Waals surface area contributed by atoms with Gasteiger partial charge in [-0.25, -0.2) is 9.37 Å². The summed E-state index contributed by atoms with van der Waals surface area (Å²) in [5.74, 6) is -0.974. The molecule has 0 atom stereocenters. The Morgan fingerprint density at radius 2 is 1.60 bits per heavy atom. The number of hydrogen-bond acceptors (Lipinski definition) is 2. The van der Waals surface area contributed by atoms with E-state index in [1.807, 2.05) is 0 Å². The predicted molar refractivity (Wildman–Crippen MR) is 107 cm³/mol. The lowest BCUT2D eigenvalue weighted by Crippen LogP contribution is -2.14. The number of hydrogen-bond donors (Lipinski definition) is 1. The molecule has 0 fully saturated rings. The molecule has 0 bridgehead atoms. The van der Waals surface area contributed by atoms with Crippen LogP contribution in [0.25, 0.3) is 22.2 Å². The lowest BCUT2D eigenvalue weighted by atomic mass is 10.0. The van der Waals surface area contributed by atoms with Gasteiger partial charge in [0.25, 0.3) is 5.91 Å². The first kappa shape index (κ1) is 19.6. The molecular weight excluding hydrogens is 396 g/mol. The minimum atomic E-state index is -4.51. The lowest BCUT2D eigenvalue weighted by Gasteiger charge is -2.12. The molecule has 30 heavy (non-hydrogen) atoms. The first-order valence-electron chi connectivity index (χ1n) is 8.95. The molecule has 150 valence electrons. The van der Waals surface area contributed by atoms with Crippen molar-refractivity contribution in [3.05, 3.63) is 95.8 Å². The van der Waals surface area contributed by atoms with Crippen LogP contribution in [0.1, 0.15) is 15.9 Å². The molecule has 0 saturated heterocycles. The summed E-state index contributed by atoms with van der Waals surface area (Å²) in [7, 11) is 0. The third-order valence-corrected chi connectivity index (χ3v) is 4.55. The zero-order valence-electron chi connectivity index (χ0n) is 15.4. The number of carbonyl (C=O) groups excluding carboxylic acids is 1. The van der Waals surface area contributed by atoms with Crippen LogP contribution in [-0.4, -0.2) is 10.9 Å². The van der Waals surface area contributed by atoms with Crippen molar-refractivity contribution in [2.75, 3.05) is 5.32 Å². The summed E-state index contributed by atoms with van der Waals surface area (Å²) in [6, 6.07) is 18.6. The van der Waals surface area contributed by atoms with Gasteiger partial charge in [0.15, 0.2) is 0 Å². The SMILES string of the molecule is O=C(Nc1cccc(C(F)(F)F)c1)c1cc(-c2ccc(F)cc2)nc2ccccc12. The lowest BCUT2D eigenvalue weighted by molar-refractivity contribution is -0.137. The topological polar surface area (TPSA) is 42.0 Å². The molecule has 7 heteroatoms. The van der Waals surface area contributed by atoms with E-state index in [1.165, 1.54) is 24.3 Å². The van der Waals surface area contributed by atoms with Crippen molar-refractivity contribution in [1.29, 1.82) is 0 Å². The fraction of sp³-hybridized carbons (Fsp3) is 0.0435. The fourth-order valence-electron chi connectivity index (χ4n) is 3.10. The predicted octanol–water partition coefficient (Wildman–Crippen LogP) is 6.31. The number of fused-ring (bicyclic) bond motifs is 1. The summed E-state index contributed by atoms with van der Waals surface area (Å²) in [5.41, 5.74) is 1.01. The largest absolute Gasteiger partial charge is 0.416 e. The van der Waals surface area contributed by atoms with Crippen LogP contribution in [-0.2, 0) is 6.18 Å². The third-order valence-electron chi connectivity index (χ3n) is 4.55. The van der Waals surface area contributed by atoms with Gasteiger partial charge in [0.05, 0.1) is 22.3 Å². The number of amides is 1. The highest BCUT2D eigenvalue weighted by Gasteiger charge is 2.30. The van der Waals surface area contributed by atoms with Crippen LogP contribution in [0.3, 0.4) is 0 Å². The molecule has 3 aromatic carbocycles. The number of rotatable bonds is 3. The van der Waals surface area contributed by atoms with Crippen LogP contribution in [0, 0.1) is 5.82 Å². The van der Waals surface area contributed by atoms with Gasteiger partial charge in [0.1, 0.15) is 5.82 Å². The van der Waals surface area contributed by atoms with Crippen LogP contribution in [0.5, 0.6) is 0 Å². The minimum Gasteiger partial charge on any atom is -0.322 e. The van der Waals surface area contributed by atoms with Crippen molar-refractivity contribution in [2.45, 2.75) is 6.18 Å². The quantitative estimate of drug-likeness (QED) is 0.402. The summed E-state index contributed by atoms with van der Waals surface area (Å²) >= 11 is 0. The molecule has 0 aliphatic heterocycles. The van der Waals surface area contributed by atoms with Crippen molar-refractivity contribution >= 4 is 22.5 Å². The highest BCUT2D eigenvalue weighted by molar-refractivity contribution is 6.13. The molecule has 3 nitrogen and oxygen atoms in total. The number of nitrogens with zero attached hydrogens (tertiary/aromatic N) is 1. The smallest absolute Gasteiger partial charge is 0.322 e. The van der Waals surface area contributed by atoms with Crippen LogP contribution < -0.4 is 5.32 Å². The van der Waals surface area contributed by atoms with Gasteiger partial charge in [0.2, 0.25) is 0 Å². The summed E-state index contributed by atoms with van der Waals surface area (Å²) in [5, 5.41) is 3.07. The minimum absolute atomic E-state index is 0.0269. The fourth-order valence-corrected chi connectivity index (χ4v) is 3.10. The van der Waals surface area contributed by atoms with Gasteiger partial charge in [-0.15, -0.1) is 0 Å². The van der Waals surface area contributed by atoms with Crippen molar-refractivity contribution < 1.29 is 22.4 Å². The van der Waals surface area contributed by atoms with Gasteiger partial charge in [-0.3, -0.25) is 4.79 Å². The highest BCUT2D eigenvalue weighted by atomic mass is 19.4. The number of para-hydroxylation sites is 1. The van der Waals surface area contributed by atoms with Crippen LogP contribution in [0.15, 0.2) is 78.9 Å². The zero-order valence-corrected chi connectivity index (χ0v) is 15.4. The Morgan fingerprint density at radius 3 is 2.33 bits per heavy atom. The van der Waals surface area contributed by atoms with Gasteiger partial charge < -0.3 is 5.32 Å². The molecule has 1 heterocycles. The Balaban J connectivity index is 1.76. The molecule has 0 saturated carbocycles. The molecule has 0 spiro atoms. The second-order valence-electron chi connectivity index (χ2n) is 6.61. The highest BCUT2D eigenvalue weighted by Crippen LogP contribution is 2.31. The maximum absolute atomic E-state index is 13.3. The molecule has 0 aliphatic carbocycles. The van der Waals surface area contributed by atoms with Crippen LogP contribution >= 0.6 is 0 Å². The first-order chi connectivity index (χ1) is 14.3. The summed E-state index contributed by atoms with van der Waals surface area (Å²) in [6.45, 7) is 0. The Morgan fingerprint density at radius 1 is 0.867 bits per heavy atom. The van der Waals surface area contributed by atoms with E-state index in [1.54, 1.807) is 42.5 Å². The molecule has 0 radical (unpaired) electrons. The van der Waals surface area contributed by atoms with Gasteiger partial charge in [-0.05, 0) is 54.6 Å². The molecule has 1 N–H and O–H groups in total. The Labute approximate surface area is 169 Å². The number of pyridine rings is 1. The van der Waals surface area contributed by atoms with E-state index in [9.17, 15) is 22.4 Å². The van der Waals surface area contributed by atoms with Crippen LogP contribution in [0.2, 0.25) is 0 Å². The third kappa shape index (κ3) is 4.00. The molecule has 0 unspecified atom stereocenters. The zero-order chi connectivity index (χ0) is 21.3. The Kier molecular flexibility index (Phi) is 4.95. The van der Waals surface area contributed by atoms with E-state index >= 15 is 0 Å². The van der Waals surface area contributed by atoms with Crippen molar-refractivity contribution in [3.63, 3.8) is 0 Å².